The van der Waals surface area contributed by atoms with Crippen LogP contribution in [0.2, 0.25) is 0 Å². The summed E-state index contributed by atoms with van der Waals surface area (Å²) in [5.74, 6) is -0.636. The highest BCUT2D eigenvalue weighted by Crippen LogP contribution is 2.26. The molecule has 0 spiro atoms. The highest BCUT2D eigenvalue weighted by molar-refractivity contribution is 7.15. The molecule has 0 amide bonds. The minimum Gasteiger partial charge on any atom is -0.375 e. The maximum Gasteiger partial charge on any atom is 0.180 e. The average Bonchev–Trinajstić information content (AvgIpc) is 2.80. The van der Waals surface area contributed by atoms with Crippen LogP contribution in [0.15, 0.2) is 18.3 Å². The van der Waals surface area contributed by atoms with E-state index in [2.05, 4.69) is 9.88 Å². The molecule has 2 heterocycles. The quantitative estimate of drug-likeness (QED) is 0.926. The van der Waals surface area contributed by atoms with E-state index in [9.17, 15) is 8.78 Å². The van der Waals surface area contributed by atoms with Crippen molar-refractivity contribution in [2.45, 2.75) is 19.5 Å². The van der Waals surface area contributed by atoms with E-state index in [0.29, 0.717) is 42.3 Å². The molecule has 0 saturated heterocycles. The molecule has 0 saturated carbocycles. The van der Waals surface area contributed by atoms with Gasteiger partial charge >= 0.3 is 0 Å². The molecule has 2 N–H and O–H groups in total. The molecule has 1 aliphatic rings. The van der Waals surface area contributed by atoms with Crippen molar-refractivity contribution in [2.24, 2.45) is 0 Å². The topological polar surface area (TPSA) is 42.1 Å². The largest absolute Gasteiger partial charge is 0.375 e. The third kappa shape index (κ3) is 2.92. The third-order valence-electron chi connectivity index (χ3n) is 3.33. The highest BCUT2D eigenvalue weighted by atomic mass is 35.5. The number of anilines is 1. The normalized spacial score (nSPS) is 14.7. The van der Waals surface area contributed by atoms with E-state index in [1.54, 1.807) is 6.20 Å². The van der Waals surface area contributed by atoms with Crippen LogP contribution in [0, 0.1) is 11.6 Å². The van der Waals surface area contributed by atoms with E-state index in [1.807, 2.05) is 0 Å². The summed E-state index contributed by atoms with van der Waals surface area (Å²) in [6.07, 6.45) is 2.27. The SMILES string of the molecule is Cl.Nc1ncc(CN2CCc3c(F)ccc(F)c3C2)s1. The van der Waals surface area contributed by atoms with Crippen molar-refractivity contribution in [2.75, 3.05) is 12.3 Å². The Kier molecular flexibility index (Phi) is 4.57. The van der Waals surface area contributed by atoms with E-state index in [4.69, 9.17) is 5.73 Å². The Labute approximate surface area is 125 Å². The van der Waals surface area contributed by atoms with Gasteiger partial charge in [-0.2, -0.15) is 0 Å². The lowest BCUT2D eigenvalue weighted by molar-refractivity contribution is 0.240. The Morgan fingerprint density at radius 3 is 2.60 bits per heavy atom. The van der Waals surface area contributed by atoms with Crippen LogP contribution in [-0.2, 0) is 19.5 Å². The molecule has 0 fully saturated rings. The third-order valence-corrected chi connectivity index (χ3v) is 4.14. The molecule has 1 aromatic carbocycles. The van der Waals surface area contributed by atoms with Gasteiger partial charge in [-0.05, 0) is 24.1 Å². The molecule has 1 aromatic heterocycles. The lowest BCUT2D eigenvalue weighted by Gasteiger charge is -2.28. The van der Waals surface area contributed by atoms with Crippen LogP contribution in [0.4, 0.5) is 13.9 Å². The number of rotatable bonds is 2. The number of hydrogen-bond donors (Lipinski definition) is 1. The molecule has 108 valence electrons. The van der Waals surface area contributed by atoms with Crippen LogP contribution in [0.1, 0.15) is 16.0 Å². The van der Waals surface area contributed by atoms with Gasteiger partial charge in [-0.1, -0.05) is 0 Å². The molecule has 0 atom stereocenters. The highest BCUT2D eigenvalue weighted by Gasteiger charge is 2.22. The molecule has 7 heteroatoms. The summed E-state index contributed by atoms with van der Waals surface area (Å²) in [6.45, 7) is 1.81. The fourth-order valence-electron chi connectivity index (χ4n) is 2.40. The Morgan fingerprint density at radius 1 is 1.25 bits per heavy atom. The number of nitrogens with zero attached hydrogens (tertiary/aromatic N) is 2. The van der Waals surface area contributed by atoms with Gasteiger partial charge in [0.25, 0.3) is 0 Å². The van der Waals surface area contributed by atoms with Crippen molar-refractivity contribution in [3.63, 3.8) is 0 Å². The summed E-state index contributed by atoms with van der Waals surface area (Å²) < 4.78 is 27.3. The maximum absolute atomic E-state index is 13.7. The second kappa shape index (κ2) is 6.03. The molecule has 3 rings (SSSR count). The van der Waals surface area contributed by atoms with Gasteiger partial charge in [0.1, 0.15) is 11.6 Å². The summed E-state index contributed by atoms with van der Waals surface area (Å²) in [4.78, 5) is 7.11. The zero-order valence-corrected chi connectivity index (χ0v) is 12.2. The van der Waals surface area contributed by atoms with Gasteiger partial charge in [-0.15, -0.1) is 23.7 Å². The van der Waals surface area contributed by atoms with Crippen LogP contribution in [0.25, 0.3) is 0 Å². The van der Waals surface area contributed by atoms with Crippen LogP contribution in [-0.4, -0.2) is 16.4 Å². The van der Waals surface area contributed by atoms with Gasteiger partial charge in [0.2, 0.25) is 0 Å². The second-order valence-electron chi connectivity index (χ2n) is 4.61. The number of aromatic nitrogens is 1. The lowest BCUT2D eigenvalue weighted by Crippen LogP contribution is -2.31. The number of nitrogens with two attached hydrogens (primary N) is 1. The number of thiazole rings is 1. The zero-order chi connectivity index (χ0) is 13.4. The predicted octanol–water partition coefficient (Wildman–Crippen LogP) is 2.98. The standard InChI is InChI=1S/C13H13F2N3S.ClH/c14-11-1-2-12(15)10-7-18(4-3-9(10)11)6-8-5-17-13(16)19-8;/h1-2,5H,3-4,6-7H2,(H2,16,17);1H. The van der Waals surface area contributed by atoms with E-state index in [-0.39, 0.29) is 24.0 Å². The number of halogens is 3. The summed E-state index contributed by atoms with van der Waals surface area (Å²) in [7, 11) is 0. The monoisotopic (exact) mass is 317 g/mol. The molecule has 0 bridgehead atoms. The van der Waals surface area contributed by atoms with Gasteiger partial charge < -0.3 is 5.73 Å². The van der Waals surface area contributed by atoms with Crippen molar-refractivity contribution < 1.29 is 8.78 Å². The Morgan fingerprint density at radius 2 is 1.95 bits per heavy atom. The van der Waals surface area contributed by atoms with Gasteiger partial charge in [0, 0.05) is 36.3 Å². The number of fused-ring (bicyclic) bond motifs is 1. The number of nitrogen functional groups attached to an aromatic ring is 1. The lowest BCUT2D eigenvalue weighted by atomic mass is 9.98. The van der Waals surface area contributed by atoms with Crippen molar-refractivity contribution in [1.82, 2.24) is 9.88 Å². The minimum absolute atomic E-state index is 0. The van der Waals surface area contributed by atoms with E-state index >= 15 is 0 Å². The minimum atomic E-state index is -0.329. The van der Waals surface area contributed by atoms with Crippen molar-refractivity contribution in [3.8, 4) is 0 Å². The summed E-state index contributed by atoms with van der Waals surface area (Å²) in [5.41, 5.74) is 6.57. The first kappa shape index (κ1) is 15.2. The molecule has 20 heavy (non-hydrogen) atoms. The zero-order valence-electron chi connectivity index (χ0n) is 10.6. The molecule has 0 radical (unpaired) electrons. The summed E-state index contributed by atoms with van der Waals surface area (Å²) in [6, 6.07) is 2.40. The first-order valence-electron chi connectivity index (χ1n) is 6.02. The molecular formula is C13H14ClF2N3S. The smallest absolute Gasteiger partial charge is 0.180 e. The first-order chi connectivity index (χ1) is 9.13. The Bertz CT molecular complexity index is 618. The van der Waals surface area contributed by atoms with Crippen molar-refractivity contribution in [3.05, 3.63) is 46.0 Å². The van der Waals surface area contributed by atoms with E-state index < -0.39 is 0 Å². The second-order valence-corrected chi connectivity index (χ2v) is 5.76. The van der Waals surface area contributed by atoms with E-state index in [0.717, 1.165) is 4.88 Å². The van der Waals surface area contributed by atoms with E-state index in [1.165, 1.54) is 23.5 Å². The number of hydrogen-bond acceptors (Lipinski definition) is 4. The molecular weight excluding hydrogens is 304 g/mol. The van der Waals surface area contributed by atoms with Gasteiger partial charge in [0.15, 0.2) is 5.13 Å². The summed E-state index contributed by atoms with van der Waals surface area (Å²) in [5, 5.41) is 0.532. The fourth-order valence-corrected chi connectivity index (χ4v) is 3.13. The van der Waals surface area contributed by atoms with Crippen LogP contribution in [0.3, 0.4) is 0 Å². The average molecular weight is 318 g/mol. The maximum atomic E-state index is 13.7. The molecule has 0 unspecified atom stereocenters. The molecule has 1 aliphatic heterocycles. The van der Waals surface area contributed by atoms with Crippen LogP contribution < -0.4 is 5.73 Å². The predicted molar refractivity (Wildman–Crippen MR) is 78.0 cm³/mol. The van der Waals surface area contributed by atoms with Crippen molar-refractivity contribution >= 4 is 28.9 Å². The number of benzene rings is 1. The fraction of sp³-hybridized carbons (Fsp3) is 0.308. The Balaban J connectivity index is 0.00000147. The van der Waals surface area contributed by atoms with Gasteiger partial charge in [-0.25, -0.2) is 13.8 Å². The van der Waals surface area contributed by atoms with Gasteiger partial charge in [0.05, 0.1) is 0 Å². The van der Waals surface area contributed by atoms with Crippen LogP contribution >= 0.6 is 23.7 Å². The van der Waals surface area contributed by atoms with Crippen molar-refractivity contribution in [1.29, 1.82) is 0 Å². The van der Waals surface area contributed by atoms with Gasteiger partial charge in [-0.3, -0.25) is 4.90 Å². The molecule has 2 aromatic rings. The molecule has 0 aliphatic carbocycles. The Hall–Kier alpha value is -1.24. The first-order valence-corrected chi connectivity index (χ1v) is 6.83. The summed E-state index contributed by atoms with van der Waals surface area (Å²) >= 11 is 1.43. The van der Waals surface area contributed by atoms with Crippen LogP contribution in [0.5, 0.6) is 0 Å². The molecule has 3 nitrogen and oxygen atoms in total.